The van der Waals surface area contributed by atoms with Gasteiger partial charge in [0.15, 0.2) is 0 Å². The minimum Gasteiger partial charge on any atom is -0.480 e. The Balaban J connectivity index is 2.97. The van der Waals surface area contributed by atoms with E-state index < -0.39 is 23.0 Å². The van der Waals surface area contributed by atoms with Crippen LogP contribution in [0.1, 0.15) is 39.2 Å². The van der Waals surface area contributed by atoms with Gasteiger partial charge in [0, 0.05) is 0 Å². The zero-order valence-corrected chi connectivity index (χ0v) is 12.1. The van der Waals surface area contributed by atoms with E-state index in [1.54, 1.807) is 31.2 Å². The van der Waals surface area contributed by atoms with Crippen LogP contribution in [0.4, 0.5) is 0 Å². The van der Waals surface area contributed by atoms with Crippen molar-refractivity contribution in [3.05, 3.63) is 35.9 Å². The summed E-state index contributed by atoms with van der Waals surface area (Å²) in [5.41, 5.74) is 4.14. The monoisotopic (exact) mass is 278 g/mol. The van der Waals surface area contributed by atoms with E-state index in [9.17, 15) is 14.7 Å². The molecule has 0 aliphatic heterocycles. The molecule has 20 heavy (non-hydrogen) atoms. The summed E-state index contributed by atoms with van der Waals surface area (Å²) in [6.45, 7) is 4.94. The number of carbonyl (C=O) groups excluding carboxylic acids is 1. The zero-order chi connectivity index (χ0) is 15.4. The number of rotatable bonds is 6. The summed E-state index contributed by atoms with van der Waals surface area (Å²) in [7, 11) is 0. The van der Waals surface area contributed by atoms with Gasteiger partial charge in [-0.15, -0.1) is 0 Å². The molecule has 0 saturated heterocycles. The van der Waals surface area contributed by atoms with Gasteiger partial charge in [0.05, 0.1) is 0 Å². The number of aliphatic carboxylic acids is 1. The van der Waals surface area contributed by atoms with Crippen LogP contribution in [0.3, 0.4) is 0 Å². The Morgan fingerprint density at radius 3 is 2.25 bits per heavy atom. The van der Waals surface area contributed by atoms with E-state index in [0.717, 1.165) is 0 Å². The fourth-order valence-corrected chi connectivity index (χ4v) is 2.02. The molecule has 0 bridgehead atoms. The first-order chi connectivity index (χ1) is 9.24. The molecule has 2 atom stereocenters. The predicted molar refractivity (Wildman–Crippen MR) is 77.1 cm³/mol. The predicted octanol–water partition coefficient (Wildman–Crippen LogP) is 1.62. The number of benzene rings is 1. The first kappa shape index (κ1) is 16.2. The minimum absolute atomic E-state index is 0.346. The summed E-state index contributed by atoms with van der Waals surface area (Å²) in [6.07, 6.45) is 0.995. The number of carboxylic acids is 1. The van der Waals surface area contributed by atoms with Crippen molar-refractivity contribution < 1.29 is 14.7 Å². The molecule has 1 rings (SSSR count). The molecule has 1 aromatic carbocycles. The molecule has 5 nitrogen and oxygen atoms in total. The molecule has 0 aliphatic carbocycles. The highest BCUT2D eigenvalue weighted by molar-refractivity contribution is 5.92. The lowest BCUT2D eigenvalue weighted by Crippen LogP contribution is -2.59. The van der Waals surface area contributed by atoms with Gasteiger partial charge >= 0.3 is 5.97 Å². The molecule has 4 N–H and O–H groups in total. The number of hydrogen-bond donors (Lipinski definition) is 3. The highest BCUT2D eigenvalue weighted by Crippen LogP contribution is 2.20. The fraction of sp³-hybridized carbons (Fsp3) is 0.467. The maximum Gasteiger partial charge on any atom is 0.329 e. The molecule has 1 aromatic rings. The summed E-state index contributed by atoms with van der Waals surface area (Å²) in [5.74, 6) is -1.56. The summed E-state index contributed by atoms with van der Waals surface area (Å²) in [6, 6.07) is 8.90. The normalized spacial score (nSPS) is 16.8. The largest absolute Gasteiger partial charge is 0.480 e. The number of nitrogens with one attached hydrogen (secondary N) is 1. The number of hydrogen-bond acceptors (Lipinski definition) is 3. The Kier molecular flexibility index (Phi) is 4.89. The van der Waals surface area contributed by atoms with Gasteiger partial charge in [0.25, 0.3) is 0 Å². The van der Waals surface area contributed by atoms with E-state index in [1.165, 1.54) is 6.92 Å². The molecule has 0 fully saturated rings. The Morgan fingerprint density at radius 2 is 1.80 bits per heavy atom. The third kappa shape index (κ3) is 3.36. The molecule has 0 radical (unpaired) electrons. The van der Waals surface area contributed by atoms with E-state index >= 15 is 0 Å². The molecular weight excluding hydrogens is 256 g/mol. The molecule has 2 unspecified atom stereocenters. The van der Waals surface area contributed by atoms with Crippen LogP contribution < -0.4 is 11.1 Å². The van der Waals surface area contributed by atoms with Crippen molar-refractivity contribution in [2.24, 2.45) is 5.73 Å². The van der Waals surface area contributed by atoms with Gasteiger partial charge in [-0.2, -0.15) is 0 Å². The number of carboxylic acid groups (broad SMARTS) is 1. The number of amides is 1. The molecular formula is C15H22N2O3. The van der Waals surface area contributed by atoms with Crippen LogP contribution in [0.2, 0.25) is 0 Å². The molecule has 0 aliphatic rings. The summed E-state index contributed by atoms with van der Waals surface area (Å²) < 4.78 is 0. The van der Waals surface area contributed by atoms with Crippen LogP contribution >= 0.6 is 0 Å². The molecule has 0 saturated carbocycles. The average Bonchev–Trinajstić information content (AvgIpc) is 2.39. The number of carbonyl (C=O) groups is 2. The van der Waals surface area contributed by atoms with Gasteiger partial charge in [-0.25, -0.2) is 4.79 Å². The quantitative estimate of drug-likeness (QED) is 0.737. The lowest BCUT2D eigenvalue weighted by Gasteiger charge is -2.31. The Bertz CT molecular complexity index is 485. The molecule has 0 heterocycles. The van der Waals surface area contributed by atoms with E-state index in [1.807, 2.05) is 13.0 Å². The van der Waals surface area contributed by atoms with E-state index in [-0.39, 0.29) is 0 Å². The molecule has 1 amide bonds. The second kappa shape index (κ2) is 6.05. The SMILES string of the molecule is CCCC(C)(NC(=O)C(C)(N)c1ccccc1)C(=O)O. The lowest BCUT2D eigenvalue weighted by molar-refractivity contribution is -0.148. The third-order valence-electron chi connectivity index (χ3n) is 3.46. The van der Waals surface area contributed by atoms with Crippen LogP contribution in [0, 0.1) is 0 Å². The Morgan fingerprint density at radius 1 is 1.25 bits per heavy atom. The first-order valence-corrected chi connectivity index (χ1v) is 6.64. The first-order valence-electron chi connectivity index (χ1n) is 6.64. The van der Waals surface area contributed by atoms with Crippen LogP contribution in [-0.2, 0) is 15.1 Å². The molecule has 0 spiro atoms. The molecule has 5 heteroatoms. The van der Waals surface area contributed by atoms with Crippen molar-refractivity contribution >= 4 is 11.9 Å². The smallest absolute Gasteiger partial charge is 0.329 e. The van der Waals surface area contributed by atoms with Gasteiger partial charge in [-0.05, 0) is 25.8 Å². The Hall–Kier alpha value is -1.88. The van der Waals surface area contributed by atoms with Gasteiger partial charge < -0.3 is 16.2 Å². The highest BCUT2D eigenvalue weighted by Gasteiger charge is 2.39. The van der Waals surface area contributed by atoms with Crippen molar-refractivity contribution in [3.8, 4) is 0 Å². The van der Waals surface area contributed by atoms with Crippen molar-refractivity contribution in [3.63, 3.8) is 0 Å². The van der Waals surface area contributed by atoms with Crippen LogP contribution in [-0.4, -0.2) is 22.5 Å². The van der Waals surface area contributed by atoms with Crippen LogP contribution in [0.15, 0.2) is 30.3 Å². The van der Waals surface area contributed by atoms with Crippen molar-refractivity contribution in [2.45, 2.75) is 44.7 Å². The second-order valence-electron chi connectivity index (χ2n) is 5.41. The maximum atomic E-state index is 12.4. The van der Waals surface area contributed by atoms with Gasteiger partial charge in [0.2, 0.25) is 5.91 Å². The van der Waals surface area contributed by atoms with Crippen LogP contribution in [0.25, 0.3) is 0 Å². The second-order valence-corrected chi connectivity index (χ2v) is 5.41. The van der Waals surface area contributed by atoms with Gasteiger partial charge in [-0.1, -0.05) is 43.7 Å². The standard InChI is InChI=1S/C15H22N2O3/c1-4-10-14(2,13(19)20)17-12(18)15(3,16)11-8-6-5-7-9-11/h5-9H,4,10,16H2,1-3H3,(H,17,18)(H,19,20). The summed E-state index contributed by atoms with van der Waals surface area (Å²) >= 11 is 0. The summed E-state index contributed by atoms with van der Waals surface area (Å²) in [4.78, 5) is 23.7. The van der Waals surface area contributed by atoms with Crippen molar-refractivity contribution in [2.75, 3.05) is 0 Å². The van der Waals surface area contributed by atoms with Crippen LogP contribution in [0.5, 0.6) is 0 Å². The Labute approximate surface area is 119 Å². The lowest BCUT2D eigenvalue weighted by atomic mass is 9.89. The minimum atomic E-state index is -1.30. The molecule has 0 aromatic heterocycles. The maximum absolute atomic E-state index is 12.4. The summed E-state index contributed by atoms with van der Waals surface area (Å²) in [5, 5.41) is 11.9. The van der Waals surface area contributed by atoms with Gasteiger partial charge in [-0.3, -0.25) is 4.79 Å². The van der Waals surface area contributed by atoms with E-state index in [4.69, 9.17) is 5.73 Å². The topological polar surface area (TPSA) is 92.4 Å². The van der Waals surface area contributed by atoms with E-state index in [2.05, 4.69) is 5.32 Å². The third-order valence-corrected chi connectivity index (χ3v) is 3.46. The van der Waals surface area contributed by atoms with Gasteiger partial charge in [0.1, 0.15) is 11.1 Å². The highest BCUT2D eigenvalue weighted by atomic mass is 16.4. The zero-order valence-electron chi connectivity index (χ0n) is 12.1. The van der Waals surface area contributed by atoms with Crippen molar-refractivity contribution in [1.82, 2.24) is 5.32 Å². The van der Waals surface area contributed by atoms with E-state index in [0.29, 0.717) is 18.4 Å². The fourth-order valence-electron chi connectivity index (χ4n) is 2.02. The average molecular weight is 278 g/mol. The molecule has 110 valence electrons. The van der Waals surface area contributed by atoms with Crippen molar-refractivity contribution in [1.29, 1.82) is 0 Å². The number of nitrogens with two attached hydrogens (primary N) is 1.